The lowest BCUT2D eigenvalue weighted by atomic mass is 9.99. The first kappa shape index (κ1) is 31.1. The number of piperidine rings is 1. The molecular weight excluding hydrogens is 576 g/mol. The second-order valence-corrected chi connectivity index (χ2v) is 12.3. The Morgan fingerprint density at radius 3 is 2.74 bits per heavy atom. The highest BCUT2D eigenvalue weighted by molar-refractivity contribution is 6.02. The van der Waals surface area contributed by atoms with Gasteiger partial charge in [-0.25, -0.2) is 0 Å². The lowest BCUT2D eigenvalue weighted by Crippen LogP contribution is -2.35. The van der Waals surface area contributed by atoms with E-state index in [-0.39, 0.29) is 11.8 Å². The van der Waals surface area contributed by atoms with Crippen molar-refractivity contribution in [2.45, 2.75) is 45.2 Å². The number of carbonyl (C=O) groups is 1. The number of nitrogens with zero attached hydrogens (tertiary/aromatic N) is 6. The SMILES string of the molecule is CC(C)c1cnn2c(NCc3ccccc3-c3nccc4cc(NC(=O)/C=C/CN(C)C)ccc34)nc(NC3CCNCC3)nc12. The van der Waals surface area contributed by atoms with Gasteiger partial charge in [0, 0.05) is 53.6 Å². The number of anilines is 3. The van der Waals surface area contributed by atoms with Crippen LogP contribution in [0, 0.1) is 0 Å². The molecule has 2 aromatic carbocycles. The van der Waals surface area contributed by atoms with Crippen LogP contribution in [0.3, 0.4) is 0 Å². The zero-order chi connectivity index (χ0) is 32.0. The van der Waals surface area contributed by atoms with Gasteiger partial charge >= 0.3 is 0 Å². The van der Waals surface area contributed by atoms with Gasteiger partial charge in [0.2, 0.25) is 17.8 Å². The summed E-state index contributed by atoms with van der Waals surface area (Å²) in [7, 11) is 3.93. The van der Waals surface area contributed by atoms with Crippen LogP contribution in [-0.2, 0) is 11.3 Å². The molecule has 0 bridgehead atoms. The zero-order valence-electron chi connectivity index (χ0n) is 26.9. The lowest BCUT2D eigenvalue weighted by molar-refractivity contribution is -0.111. The van der Waals surface area contributed by atoms with Crippen LogP contribution in [0.15, 0.2) is 73.1 Å². The number of amides is 1. The molecular formula is C35H42N10O. The molecule has 0 saturated carbocycles. The molecule has 1 amide bonds. The number of rotatable bonds is 11. The lowest BCUT2D eigenvalue weighted by Gasteiger charge is -2.24. The van der Waals surface area contributed by atoms with Crippen LogP contribution in [0.25, 0.3) is 27.7 Å². The molecule has 3 aromatic heterocycles. The Balaban J connectivity index is 1.27. The molecule has 4 heterocycles. The van der Waals surface area contributed by atoms with E-state index in [1.807, 2.05) is 73.9 Å². The molecule has 11 heteroatoms. The van der Waals surface area contributed by atoms with Crippen LogP contribution in [-0.4, -0.2) is 75.1 Å². The molecule has 0 aliphatic carbocycles. The van der Waals surface area contributed by atoms with E-state index in [1.54, 1.807) is 10.6 Å². The van der Waals surface area contributed by atoms with E-state index in [1.165, 1.54) is 0 Å². The minimum atomic E-state index is -0.155. The normalized spacial score (nSPS) is 14.1. The minimum Gasteiger partial charge on any atom is -0.351 e. The first-order chi connectivity index (χ1) is 22.4. The van der Waals surface area contributed by atoms with Crippen molar-refractivity contribution in [3.8, 4) is 11.3 Å². The molecule has 1 saturated heterocycles. The van der Waals surface area contributed by atoms with Crippen molar-refractivity contribution in [2.24, 2.45) is 0 Å². The molecule has 11 nitrogen and oxygen atoms in total. The van der Waals surface area contributed by atoms with Crippen LogP contribution in [0.1, 0.15) is 43.7 Å². The summed E-state index contributed by atoms with van der Waals surface area (Å²) in [6.45, 7) is 7.49. The minimum absolute atomic E-state index is 0.155. The van der Waals surface area contributed by atoms with Crippen LogP contribution in [0.2, 0.25) is 0 Å². The second kappa shape index (κ2) is 14.1. The van der Waals surface area contributed by atoms with Crippen LogP contribution < -0.4 is 21.3 Å². The Morgan fingerprint density at radius 2 is 1.93 bits per heavy atom. The highest BCUT2D eigenvalue weighted by atomic mass is 16.1. The standard InChI is InChI=1S/C35H42N10O/c1-23(2)30-22-39-45-33(30)42-34(41-26-14-16-36-17-15-26)43-35(45)38-21-25-8-5-6-9-28(25)32-29-12-11-27(20-24(29)13-18-37-32)40-31(46)10-7-19-44(3)4/h5-13,18,20,22-23,26,36H,14-17,19,21H2,1-4H3,(H,40,46)(H2,38,41,42,43)/b10-7+. The van der Waals surface area contributed by atoms with Gasteiger partial charge in [-0.1, -0.05) is 50.3 Å². The Hall–Kier alpha value is -4.87. The fourth-order valence-electron chi connectivity index (χ4n) is 5.73. The van der Waals surface area contributed by atoms with E-state index in [0.29, 0.717) is 31.0 Å². The van der Waals surface area contributed by atoms with Crippen molar-refractivity contribution in [1.29, 1.82) is 0 Å². The molecule has 0 unspecified atom stereocenters. The first-order valence-corrected chi connectivity index (χ1v) is 15.9. The van der Waals surface area contributed by atoms with Gasteiger partial charge in [-0.3, -0.25) is 9.78 Å². The largest absolute Gasteiger partial charge is 0.351 e. The fraction of sp³-hybridized carbons (Fsp3) is 0.343. The summed E-state index contributed by atoms with van der Waals surface area (Å²) in [4.78, 5) is 29.0. The Kier molecular flexibility index (Phi) is 9.51. The van der Waals surface area contributed by atoms with E-state index >= 15 is 0 Å². The van der Waals surface area contributed by atoms with Gasteiger partial charge in [0.1, 0.15) is 0 Å². The molecule has 0 spiro atoms. The van der Waals surface area contributed by atoms with Gasteiger partial charge in [0.15, 0.2) is 5.65 Å². The number of hydrogen-bond acceptors (Lipinski definition) is 9. The first-order valence-electron chi connectivity index (χ1n) is 15.9. The average Bonchev–Trinajstić information content (AvgIpc) is 3.48. The molecule has 0 atom stereocenters. The predicted octanol–water partition coefficient (Wildman–Crippen LogP) is 5.30. The molecule has 238 valence electrons. The van der Waals surface area contributed by atoms with Crippen LogP contribution in [0.4, 0.5) is 17.6 Å². The van der Waals surface area contributed by atoms with Gasteiger partial charge in [-0.15, -0.1) is 0 Å². The average molecular weight is 619 g/mol. The molecule has 6 rings (SSSR count). The summed E-state index contributed by atoms with van der Waals surface area (Å²) in [6.07, 6.45) is 9.17. The molecule has 46 heavy (non-hydrogen) atoms. The van der Waals surface area contributed by atoms with E-state index < -0.39 is 0 Å². The second-order valence-electron chi connectivity index (χ2n) is 12.3. The maximum atomic E-state index is 12.4. The predicted molar refractivity (Wildman–Crippen MR) is 185 cm³/mol. The van der Waals surface area contributed by atoms with Crippen LogP contribution >= 0.6 is 0 Å². The summed E-state index contributed by atoms with van der Waals surface area (Å²) in [5, 5.41) is 20.2. The highest BCUT2D eigenvalue weighted by Gasteiger charge is 2.19. The van der Waals surface area contributed by atoms with Crippen molar-refractivity contribution in [2.75, 3.05) is 49.7 Å². The zero-order valence-corrected chi connectivity index (χ0v) is 26.9. The third-order valence-corrected chi connectivity index (χ3v) is 8.17. The van der Waals surface area contributed by atoms with Crippen molar-refractivity contribution >= 4 is 39.9 Å². The Bertz CT molecular complexity index is 1860. The Labute approximate surface area is 269 Å². The molecule has 1 fully saturated rings. The summed E-state index contributed by atoms with van der Waals surface area (Å²) >= 11 is 0. The van der Waals surface area contributed by atoms with Gasteiger partial charge in [0.05, 0.1) is 11.9 Å². The third kappa shape index (κ3) is 7.16. The summed E-state index contributed by atoms with van der Waals surface area (Å²) < 4.78 is 1.80. The topological polar surface area (TPSA) is 124 Å². The van der Waals surface area contributed by atoms with Crippen molar-refractivity contribution in [1.82, 2.24) is 34.8 Å². The Morgan fingerprint density at radius 1 is 1.11 bits per heavy atom. The number of aromatic nitrogens is 5. The number of carbonyl (C=O) groups excluding carboxylic acids is 1. The van der Waals surface area contributed by atoms with Gasteiger partial charge in [-0.2, -0.15) is 19.6 Å². The molecule has 1 aliphatic rings. The third-order valence-electron chi connectivity index (χ3n) is 8.17. The monoisotopic (exact) mass is 618 g/mol. The molecule has 5 aromatic rings. The summed E-state index contributed by atoms with van der Waals surface area (Å²) in [5.74, 6) is 1.37. The van der Waals surface area contributed by atoms with Crippen molar-refractivity contribution in [3.63, 3.8) is 0 Å². The highest BCUT2D eigenvalue weighted by Crippen LogP contribution is 2.31. The fourth-order valence-corrected chi connectivity index (χ4v) is 5.73. The van der Waals surface area contributed by atoms with Crippen molar-refractivity contribution < 1.29 is 4.79 Å². The van der Waals surface area contributed by atoms with E-state index in [0.717, 1.165) is 70.4 Å². The molecule has 1 aliphatic heterocycles. The van der Waals surface area contributed by atoms with E-state index in [4.69, 9.17) is 15.0 Å². The number of likely N-dealkylation sites (N-methyl/N-ethyl adjacent to an activating group) is 1. The van der Waals surface area contributed by atoms with E-state index in [9.17, 15) is 4.79 Å². The number of benzene rings is 2. The summed E-state index contributed by atoms with van der Waals surface area (Å²) in [5.41, 5.74) is 5.59. The maximum absolute atomic E-state index is 12.4. The smallest absolute Gasteiger partial charge is 0.248 e. The van der Waals surface area contributed by atoms with Crippen molar-refractivity contribution in [3.05, 3.63) is 84.2 Å². The number of nitrogens with one attached hydrogen (secondary N) is 4. The number of pyridine rings is 1. The number of hydrogen-bond donors (Lipinski definition) is 4. The number of fused-ring (bicyclic) bond motifs is 2. The van der Waals surface area contributed by atoms with Gasteiger partial charge in [-0.05, 0) is 75.1 Å². The maximum Gasteiger partial charge on any atom is 0.248 e. The molecule has 0 radical (unpaired) electrons. The quantitative estimate of drug-likeness (QED) is 0.146. The van der Waals surface area contributed by atoms with Crippen LogP contribution in [0.5, 0.6) is 0 Å². The van der Waals surface area contributed by atoms with E-state index in [2.05, 4.69) is 52.3 Å². The van der Waals surface area contributed by atoms with Gasteiger partial charge < -0.3 is 26.2 Å². The van der Waals surface area contributed by atoms with Gasteiger partial charge in [0.25, 0.3) is 0 Å². The summed E-state index contributed by atoms with van der Waals surface area (Å²) in [6, 6.07) is 16.5. The molecule has 4 N–H and O–H groups in total.